The molecule has 2 aromatic carbocycles. The largest absolute Gasteiger partial charge is 0.323 e. The maximum absolute atomic E-state index is 10.9. The van der Waals surface area contributed by atoms with Crippen molar-refractivity contribution < 1.29 is 4.92 Å². The van der Waals surface area contributed by atoms with Gasteiger partial charge in [0.25, 0.3) is 5.69 Å². The molecule has 22 heavy (non-hydrogen) atoms. The molecule has 2 N–H and O–H groups in total. The van der Waals surface area contributed by atoms with Crippen LogP contribution in [0.15, 0.2) is 47.6 Å². The van der Waals surface area contributed by atoms with Gasteiger partial charge in [-0.3, -0.25) is 10.1 Å². The molecule has 0 amide bonds. The third-order valence-corrected chi connectivity index (χ3v) is 3.20. The second-order valence-electron chi connectivity index (χ2n) is 4.78. The molecule has 7 nitrogen and oxygen atoms in total. The van der Waals surface area contributed by atoms with Gasteiger partial charge in [0.15, 0.2) is 0 Å². The molecule has 0 aliphatic rings. The first-order chi connectivity index (χ1) is 10.6. The van der Waals surface area contributed by atoms with Crippen LogP contribution in [0.5, 0.6) is 0 Å². The van der Waals surface area contributed by atoms with Crippen molar-refractivity contribution >= 4 is 28.9 Å². The summed E-state index contributed by atoms with van der Waals surface area (Å²) >= 11 is 0. The van der Waals surface area contributed by atoms with E-state index in [9.17, 15) is 10.1 Å². The Balaban J connectivity index is 1.77. The highest BCUT2D eigenvalue weighted by molar-refractivity contribution is 5.82. The van der Waals surface area contributed by atoms with Crippen LogP contribution in [-0.2, 0) is 0 Å². The number of anilines is 1. The Morgan fingerprint density at radius 1 is 1.32 bits per heavy atom. The van der Waals surface area contributed by atoms with Gasteiger partial charge in [-0.25, -0.2) is 10.4 Å². The number of hydrogen-bond acceptors (Lipinski definition) is 5. The predicted octanol–water partition coefficient (Wildman–Crippen LogP) is 3.23. The third-order valence-electron chi connectivity index (χ3n) is 3.20. The SMILES string of the molecule is Cc1ccc(/C=N/Nc2nc3ccccc3[nH]2)cc1[N+](=O)[O-]. The first kappa shape index (κ1) is 13.7. The van der Waals surface area contributed by atoms with Crippen molar-refractivity contribution in [1.29, 1.82) is 0 Å². The summed E-state index contributed by atoms with van der Waals surface area (Å²) in [5.74, 6) is 0.513. The van der Waals surface area contributed by atoms with E-state index in [1.54, 1.807) is 19.1 Å². The first-order valence-electron chi connectivity index (χ1n) is 6.62. The van der Waals surface area contributed by atoms with E-state index in [4.69, 9.17) is 0 Å². The molecule has 0 atom stereocenters. The molecule has 110 valence electrons. The lowest BCUT2D eigenvalue weighted by Crippen LogP contribution is -1.95. The number of para-hydroxylation sites is 2. The number of rotatable bonds is 4. The summed E-state index contributed by atoms with van der Waals surface area (Å²) in [6.45, 7) is 1.70. The number of nitro benzene ring substituents is 1. The zero-order valence-electron chi connectivity index (χ0n) is 11.8. The van der Waals surface area contributed by atoms with E-state index in [2.05, 4.69) is 20.5 Å². The van der Waals surface area contributed by atoms with Gasteiger partial charge in [0.1, 0.15) is 0 Å². The number of hydrazone groups is 1. The molecular formula is C15H13N5O2. The van der Waals surface area contributed by atoms with E-state index in [0.717, 1.165) is 11.0 Å². The number of nitro groups is 1. The molecule has 3 aromatic rings. The van der Waals surface area contributed by atoms with Crippen LogP contribution in [0, 0.1) is 17.0 Å². The summed E-state index contributed by atoms with van der Waals surface area (Å²) in [4.78, 5) is 17.9. The fourth-order valence-electron chi connectivity index (χ4n) is 2.08. The smallest absolute Gasteiger partial charge is 0.272 e. The number of H-pyrrole nitrogens is 1. The number of aromatic amines is 1. The summed E-state index contributed by atoms with van der Waals surface area (Å²) in [6, 6.07) is 12.6. The summed E-state index contributed by atoms with van der Waals surface area (Å²) in [7, 11) is 0. The minimum atomic E-state index is -0.403. The van der Waals surface area contributed by atoms with E-state index < -0.39 is 4.92 Å². The monoisotopic (exact) mass is 295 g/mol. The molecule has 0 spiro atoms. The molecule has 0 unspecified atom stereocenters. The number of benzene rings is 2. The van der Waals surface area contributed by atoms with Crippen LogP contribution in [-0.4, -0.2) is 21.1 Å². The van der Waals surface area contributed by atoms with Crippen LogP contribution in [0.3, 0.4) is 0 Å². The molecule has 0 saturated carbocycles. The summed E-state index contributed by atoms with van der Waals surface area (Å²) in [6.07, 6.45) is 1.51. The fourth-order valence-corrected chi connectivity index (χ4v) is 2.08. The maximum atomic E-state index is 10.9. The Morgan fingerprint density at radius 3 is 2.91 bits per heavy atom. The molecule has 0 bridgehead atoms. The van der Waals surface area contributed by atoms with Crippen molar-refractivity contribution in [3.63, 3.8) is 0 Å². The maximum Gasteiger partial charge on any atom is 0.272 e. The van der Waals surface area contributed by atoms with Gasteiger partial charge in [0.05, 0.1) is 22.2 Å². The Bertz CT molecular complexity index is 836. The summed E-state index contributed by atoms with van der Waals surface area (Å²) < 4.78 is 0. The second-order valence-corrected chi connectivity index (χ2v) is 4.78. The molecule has 0 fully saturated rings. The number of nitrogens with one attached hydrogen (secondary N) is 2. The van der Waals surface area contributed by atoms with E-state index in [-0.39, 0.29) is 5.69 Å². The van der Waals surface area contributed by atoms with Crippen molar-refractivity contribution in [2.45, 2.75) is 6.92 Å². The third kappa shape index (κ3) is 2.78. The van der Waals surface area contributed by atoms with Crippen molar-refractivity contribution in [2.75, 3.05) is 5.43 Å². The van der Waals surface area contributed by atoms with Gasteiger partial charge >= 0.3 is 0 Å². The average Bonchev–Trinajstić information content (AvgIpc) is 2.91. The van der Waals surface area contributed by atoms with Gasteiger partial charge in [0.2, 0.25) is 5.95 Å². The van der Waals surface area contributed by atoms with Crippen molar-refractivity contribution in [3.8, 4) is 0 Å². The van der Waals surface area contributed by atoms with Gasteiger partial charge in [-0.2, -0.15) is 5.10 Å². The normalized spacial score (nSPS) is 11.1. The topological polar surface area (TPSA) is 96.2 Å². The molecule has 1 aromatic heterocycles. The Morgan fingerprint density at radius 2 is 2.14 bits per heavy atom. The number of aromatic nitrogens is 2. The lowest BCUT2D eigenvalue weighted by molar-refractivity contribution is -0.385. The molecule has 0 radical (unpaired) electrons. The Hall–Kier alpha value is -3.22. The minimum Gasteiger partial charge on any atom is -0.323 e. The van der Waals surface area contributed by atoms with Gasteiger partial charge in [-0.1, -0.05) is 24.3 Å². The lowest BCUT2D eigenvalue weighted by Gasteiger charge is -1.98. The lowest BCUT2D eigenvalue weighted by atomic mass is 10.1. The molecule has 0 aliphatic heterocycles. The highest BCUT2D eigenvalue weighted by Gasteiger charge is 2.09. The molecular weight excluding hydrogens is 282 g/mol. The first-order valence-corrected chi connectivity index (χ1v) is 6.62. The zero-order valence-corrected chi connectivity index (χ0v) is 11.8. The van der Waals surface area contributed by atoms with Crippen LogP contribution in [0.2, 0.25) is 0 Å². The highest BCUT2D eigenvalue weighted by Crippen LogP contribution is 2.18. The van der Waals surface area contributed by atoms with Gasteiger partial charge < -0.3 is 4.98 Å². The fraction of sp³-hybridized carbons (Fsp3) is 0.0667. The Labute approximate surface area is 125 Å². The van der Waals surface area contributed by atoms with Crippen LogP contribution in [0.25, 0.3) is 11.0 Å². The van der Waals surface area contributed by atoms with Crippen LogP contribution >= 0.6 is 0 Å². The zero-order chi connectivity index (χ0) is 15.5. The van der Waals surface area contributed by atoms with E-state index in [0.29, 0.717) is 17.1 Å². The number of hydrogen-bond donors (Lipinski definition) is 2. The Kier molecular flexibility index (Phi) is 3.53. The van der Waals surface area contributed by atoms with Crippen molar-refractivity contribution in [2.24, 2.45) is 5.10 Å². The van der Waals surface area contributed by atoms with Crippen molar-refractivity contribution in [3.05, 3.63) is 63.7 Å². The summed E-state index contributed by atoms with van der Waals surface area (Å²) in [5.41, 5.74) is 5.86. The number of nitrogens with zero attached hydrogens (tertiary/aromatic N) is 3. The van der Waals surface area contributed by atoms with E-state index in [1.165, 1.54) is 12.3 Å². The summed E-state index contributed by atoms with van der Waals surface area (Å²) in [5, 5.41) is 14.9. The predicted molar refractivity (Wildman–Crippen MR) is 85.1 cm³/mol. The van der Waals surface area contributed by atoms with E-state index in [1.807, 2.05) is 24.3 Å². The van der Waals surface area contributed by atoms with Crippen LogP contribution < -0.4 is 5.43 Å². The van der Waals surface area contributed by atoms with E-state index >= 15 is 0 Å². The minimum absolute atomic E-state index is 0.0766. The van der Waals surface area contributed by atoms with Crippen LogP contribution in [0.4, 0.5) is 11.6 Å². The number of aryl methyl sites for hydroxylation is 1. The molecule has 0 aliphatic carbocycles. The van der Waals surface area contributed by atoms with Crippen LogP contribution in [0.1, 0.15) is 11.1 Å². The molecule has 3 rings (SSSR count). The standard InChI is InChI=1S/C15H13N5O2/c1-10-6-7-11(8-14(10)20(21)22)9-16-19-15-17-12-4-2-3-5-13(12)18-15/h2-9H,1H3,(H2,17,18,19)/b16-9+. The number of imidazole rings is 1. The van der Waals surface area contributed by atoms with Gasteiger partial charge in [-0.15, -0.1) is 0 Å². The highest BCUT2D eigenvalue weighted by atomic mass is 16.6. The quantitative estimate of drug-likeness (QED) is 0.439. The second kappa shape index (κ2) is 5.65. The average molecular weight is 295 g/mol. The van der Waals surface area contributed by atoms with Gasteiger partial charge in [-0.05, 0) is 19.1 Å². The molecule has 0 saturated heterocycles. The van der Waals surface area contributed by atoms with Gasteiger partial charge in [0, 0.05) is 17.2 Å². The number of fused-ring (bicyclic) bond motifs is 1. The van der Waals surface area contributed by atoms with Crippen molar-refractivity contribution in [1.82, 2.24) is 9.97 Å². The molecule has 7 heteroatoms. The molecule has 1 heterocycles.